The second-order valence-electron chi connectivity index (χ2n) is 15.0. The molecule has 2 fully saturated rings. The number of rotatable bonds is 11. The van der Waals surface area contributed by atoms with Crippen LogP contribution in [-0.2, 0) is 19.2 Å². The van der Waals surface area contributed by atoms with Crippen LogP contribution in [0.2, 0.25) is 0 Å². The summed E-state index contributed by atoms with van der Waals surface area (Å²) in [5, 5.41) is 6.23. The molecule has 1 aromatic carbocycles. The molecule has 0 bridgehead atoms. The van der Waals surface area contributed by atoms with E-state index < -0.39 is 17.5 Å². The van der Waals surface area contributed by atoms with Crippen molar-refractivity contribution in [2.24, 2.45) is 11.3 Å². The van der Waals surface area contributed by atoms with Gasteiger partial charge in [0.1, 0.15) is 12.1 Å². The molecule has 2 saturated heterocycles. The Morgan fingerprint density at radius 2 is 1.48 bits per heavy atom. The molecule has 256 valence electrons. The Morgan fingerprint density at radius 3 is 2.07 bits per heavy atom. The van der Waals surface area contributed by atoms with Crippen LogP contribution in [0.5, 0.6) is 0 Å². The van der Waals surface area contributed by atoms with Gasteiger partial charge in [-0.2, -0.15) is 0 Å². The summed E-state index contributed by atoms with van der Waals surface area (Å²) in [5.41, 5.74) is 0.984. The molecule has 4 amide bonds. The summed E-state index contributed by atoms with van der Waals surface area (Å²) in [4.78, 5) is 60.4. The summed E-state index contributed by atoms with van der Waals surface area (Å²) in [5.74, 6) is -0.620. The molecule has 3 rings (SSSR count). The van der Waals surface area contributed by atoms with Crippen LogP contribution in [-0.4, -0.2) is 88.7 Å². The number of hydrogen-bond acceptors (Lipinski definition) is 5. The Kier molecular flexibility index (Phi) is 13.0. The van der Waals surface area contributed by atoms with Crippen LogP contribution in [0.25, 0.3) is 0 Å². The maximum absolute atomic E-state index is 14.2. The average molecular weight is 638 g/mol. The first kappa shape index (κ1) is 37.3. The van der Waals surface area contributed by atoms with E-state index in [4.69, 9.17) is 0 Å². The van der Waals surface area contributed by atoms with Crippen LogP contribution in [0.4, 0.5) is 0 Å². The number of hydrogen-bond donors (Lipinski definition) is 2. The number of amides is 4. The molecule has 2 heterocycles. The highest BCUT2D eigenvalue weighted by atomic mass is 16.2. The Bertz CT molecular complexity index is 1240. The molecule has 5 atom stereocenters. The van der Waals surface area contributed by atoms with Crippen LogP contribution in [0.15, 0.2) is 42.0 Å². The lowest BCUT2D eigenvalue weighted by Crippen LogP contribution is -2.60. The number of carbonyl (C=O) groups is 4. The number of likely N-dealkylation sites (N-methyl/N-ethyl adjacent to an activating group) is 1. The van der Waals surface area contributed by atoms with Gasteiger partial charge in [-0.3, -0.25) is 24.1 Å². The van der Waals surface area contributed by atoms with E-state index in [1.807, 2.05) is 78.0 Å². The molecule has 0 radical (unpaired) electrons. The van der Waals surface area contributed by atoms with Crippen molar-refractivity contribution in [3.63, 3.8) is 0 Å². The van der Waals surface area contributed by atoms with Crippen molar-refractivity contribution in [1.82, 2.24) is 25.3 Å². The van der Waals surface area contributed by atoms with Crippen LogP contribution in [0.3, 0.4) is 0 Å². The minimum Gasteiger partial charge on any atom is -0.348 e. The third-order valence-electron chi connectivity index (χ3n) is 9.62. The predicted octanol–water partition coefficient (Wildman–Crippen LogP) is 5.08. The van der Waals surface area contributed by atoms with Gasteiger partial charge in [0.2, 0.25) is 23.6 Å². The summed E-state index contributed by atoms with van der Waals surface area (Å²) >= 11 is 0. The van der Waals surface area contributed by atoms with E-state index in [9.17, 15) is 19.2 Å². The largest absolute Gasteiger partial charge is 0.348 e. The van der Waals surface area contributed by atoms with Gasteiger partial charge in [0, 0.05) is 25.2 Å². The molecule has 2 N–H and O–H groups in total. The first-order valence-electron chi connectivity index (χ1n) is 17.2. The highest BCUT2D eigenvalue weighted by Crippen LogP contribution is 2.27. The van der Waals surface area contributed by atoms with Crippen LogP contribution in [0.1, 0.15) is 106 Å². The van der Waals surface area contributed by atoms with Gasteiger partial charge in [-0.05, 0) is 76.8 Å². The predicted molar refractivity (Wildman–Crippen MR) is 184 cm³/mol. The number of piperidine rings is 1. The Hall–Kier alpha value is -3.20. The molecule has 2 aliphatic heterocycles. The van der Waals surface area contributed by atoms with Gasteiger partial charge in [0.25, 0.3) is 0 Å². The molecule has 1 aromatic rings. The fraction of sp³-hybridized carbons (Fsp3) is 0.676. The van der Waals surface area contributed by atoms with Crippen molar-refractivity contribution in [3.05, 3.63) is 47.5 Å². The summed E-state index contributed by atoms with van der Waals surface area (Å²) in [6, 6.07) is 7.95. The summed E-state index contributed by atoms with van der Waals surface area (Å²) in [6.07, 6.45) is 6.07. The molecule has 46 heavy (non-hydrogen) atoms. The van der Waals surface area contributed by atoms with Crippen LogP contribution >= 0.6 is 0 Å². The summed E-state index contributed by atoms with van der Waals surface area (Å²) in [7, 11) is 1.75. The highest BCUT2D eigenvalue weighted by Gasteiger charge is 2.40. The number of nitrogens with one attached hydrogen (secondary N) is 2. The zero-order valence-electron chi connectivity index (χ0n) is 29.9. The molecule has 0 aromatic heterocycles. The van der Waals surface area contributed by atoms with Crippen molar-refractivity contribution >= 4 is 23.6 Å². The molecular formula is C37H59N5O4. The van der Waals surface area contributed by atoms with Gasteiger partial charge >= 0.3 is 0 Å². The normalized spacial score (nSPS) is 21.6. The minimum absolute atomic E-state index is 0.00666. The van der Waals surface area contributed by atoms with E-state index in [-0.39, 0.29) is 53.7 Å². The van der Waals surface area contributed by atoms with E-state index in [0.29, 0.717) is 18.5 Å². The SMILES string of the molecule is C/C(=C\[C@H](C(C)C)N(C)C(=O)[C@@H](NC(=O)C1CCCCN1C(C)C)C(C)(C)C)C(=O)N1CCC[C@H]1C(=O)N[C@H](C)c1ccccc1. The van der Waals surface area contributed by atoms with Crippen molar-refractivity contribution in [2.75, 3.05) is 20.1 Å². The first-order valence-corrected chi connectivity index (χ1v) is 17.2. The number of nitrogens with zero attached hydrogens (tertiary/aromatic N) is 3. The Balaban J connectivity index is 1.76. The number of benzene rings is 1. The van der Waals surface area contributed by atoms with E-state index in [0.717, 1.165) is 37.8 Å². The third kappa shape index (κ3) is 9.20. The molecular weight excluding hydrogens is 578 g/mol. The van der Waals surface area contributed by atoms with Crippen molar-refractivity contribution in [2.45, 2.75) is 131 Å². The molecule has 2 aliphatic rings. The Labute approximate surface area is 277 Å². The second-order valence-corrected chi connectivity index (χ2v) is 15.0. The molecule has 0 saturated carbocycles. The van der Waals surface area contributed by atoms with Gasteiger partial charge in [0.05, 0.1) is 18.1 Å². The number of likely N-dealkylation sites (tertiary alicyclic amines) is 2. The van der Waals surface area contributed by atoms with Crippen molar-refractivity contribution < 1.29 is 19.2 Å². The van der Waals surface area contributed by atoms with Gasteiger partial charge in [0.15, 0.2) is 0 Å². The zero-order valence-corrected chi connectivity index (χ0v) is 29.9. The lowest BCUT2D eigenvalue weighted by Gasteiger charge is -2.41. The van der Waals surface area contributed by atoms with Gasteiger partial charge < -0.3 is 20.4 Å². The molecule has 1 unspecified atom stereocenters. The summed E-state index contributed by atoms with van der Waals surface area (Å²) in [6.45, 7) is 19.3. The van der Waals surface area contributed by atoms with E-state index >= 15 is 0 Å². The second kappa shape index (κ2) is 16.1. The average Bonchev–Trinajstić information content (AvgIpc) is 3.51. The van der Waals surface area contributed by atoms with Gasteiger partial charge in [-0.15, -0.1) is 0 Å². The molecule has 0 spiro atoms. The van der Waals surface area contributed by atoms with E-state index in [2.05, 4.69) is 29.4 Å². The fourth-order valence-corrected chi connectivity index (χ4v) is 6.81. The van der Waals surface area contributed by atoms with E-state index in [1.54, 1.807) is 23.8 Å². The minimum atomic E-state index is -0.732. The first-order chi connectivity index (χ1) is 21.5. The molecule has 9 nitrogen and oxygen atoms in total. The van der Waals surface area contributed by atoms with E-state index in [1.165, 1.54) is 0 Å². The number of carbonyl (C=O) groups excluding carboxylic acids is 4. The van der Waals surface area contributed by atoms with Crippen molar-refractivity contribution in [3.8, 4) is 0 Å². The third-order valence-corrected chi connectivity index (χ3v) is 9.62. The monoisotopic (exact) mass is 637 g/mol. The lowest BCUT2D eigenvalue weighted by atomic mass is 9.84. The maximum atomic E-state index is 14.2. The van der Waals surface area contributed by atoms with Crippen LogP contribution < -0.4 is 10.6 Å². The molecule has 0 aliphatic carbocycles. The summed E-state index contributed by atoms with van der Waals surface area (Å²) < 4.78 is 0. The molecule has 9 heteroatoms. The lowest BCUT2D eigenvalue weighted by molar-refractivity contribution is -0.142. The smallest absolute Gasteiger partial charge is 0.249 e. The Morgan fingerprint density at radius 1 is 0.870 bits per heavy atom. The van der Waals surface area contributed by atoms with Crippen molar-refractivity contribution in [1.29, 1.82) is 0 Å². The van der Waals surface area contributed by atoms with Gasteiger partial charge in [-0.25, -0.2) is 0 Å². The van der Waals surface area contributed by atoms with Crippen LogP contribution in [0, 0.1) is 11.3 Å². The maximum Gasteiger partial charge on any atom is 0.249 e. The van der Waals surface area contributed by atoms with Gasteiger partial charge in [-0.1, -0.05) is 77.4 Å². The highest BCUT2D eigenvalue weighted by molar-refractivity contribution is 5.97. The quantitative estimate of drug-likeness (QED) is 0.330. The topological polar surface area (TPSA) is 102 Å². The standard InChI is InChI=1S/C37H59N5O4/c1-24(2)31(40(10)36(46)32(37(7,8)9)39-34(44)29-19-14-15-21-41(29)25(3)4)23-26(5)35(45)42-22-16-20-30(42)33(43)38-27(6)28-17-12-11-13-18-28/h11-13,17-18,23-25,27,29-32H,14-16,19-22H2,1-10H3,(H,38,43)(H,39,44)/b26-23+/t27-,29?,30+,31-,32-/m1/s1. The fourth-order valence-electron chi connectivity index (χ4n) is 6.81. The zero-order chi connectivity index (χ0) is 34.3.